The lowest BCUT2D eigenvalue weighted by Crippen LogP contribution is -2.17. The van der Waals surface area contributed by atoms with Gasteiger partial charge in [-0.05, 0) is 48.5 Å². The number of ether oxygens (including phenoxy) is 2. The van der Waals surface area contributed by atoms with Crippen LogP contribution < -0.4 is 9.47 Å². The molecule has 0 saturated heterocycles. The van der Waals surface area contributed by atoms with E-state index in [4.69, 9.17) is 4.74 Å². The van der Waals surface area contributed by atoms with E-state index in [2.05, 4.69) is 25.2 Å². The van der Waals surface area contributed by atoms with E-state index >= 15 is 0 Å². The molecule has 0 radical (unpaired) electrons. The van der Waals surface area contributed by atoms with Gasteiger partial charge in [0.1, 0.15) is 11.5 Å². The number of hydrogen-bond donors (Lipinski definition) is 0. The summed E-state index contributed by atoms with van der Waals surface area (Å²) in [5.74, 6) is 0.966. The number of hydrogen-bond acceptors (Lipinski definition) is 7. The summed E-state index contributed by atoms with van der Waals surface area (Å²) in [6.07, 6.45) is -3.00. The number of rotatable bonds is 6. The van der Waals surface area contributed by atoms with E-state index in [9.17, 15) is 13.2 Å². The van der Waals surface area contributed by atoms with Gasteiger partial charge in [0, 0.05) is 23.1 Å². The highest BCUT2D eigenvalue weighted by Crippen LogP contribution is 2.29. The van der Waals surface area contributed by atoms with Crippen LogP contribution in [0, 0.1) is 13.8 Å². The molecule has 2 aromatic heterocycles. The normalized spacial score (nSPS) is 11.5. The number of halogens is 3. The van der Waals surface area contributed by atoms with Crippen molar-refractivity contribution in [2.24, 2.45) is 0 Å². The van der Waals surface area contributed by atoms with Crippen molar-refractivity contribution in [1.29, 1.82) is 0 Å². The number of aryl methyl sites for hydroxylation is 1. The Hall–Kier alpha value is -2.82. The molecular formula is C17H16F3N5O2S. The highest BCUT2D eigenvalue weighted by molar-refractivity contribution is 7.98. The lowest BCUT2D eigenvalue weighted by atomic mass is 10.1. The highest BCUT2D eigenvalue weighted by Gasteiger charge is 2.31. The van der Waals surface area contributed by atoms with Gasteiger partial charge >= 0.3 is 6.36 Å². The summed E-state index contributed by atoms with van der Waals surface area (Å²) in [6.45, 7) is 3.85. The lowest BCUT2D eigenvalue weighted by Gasteiger charge is -2.12. The molecule has 1 aromatic carbocycles. The smallest absolute Gasteiger partial charge is 0.496 e. The Kier molecular flexibility index (Phi) is 5.73. The molecular weight excluding hydrogens is 395 g/mol. The fourth-order valence-corrected chi connectivity index (χ4v) is 3.48. The van der Waals surface area contributed by atoms with Crippen molar-refractivity contribution < 1.29 is 22.6 Å². The number of alkyl halides is 3. The van der Waals surface area contributed by atoms with Crippen LogP contribution in [0.4, 0.5) is 13.2 Å². The van der Waals surface area contributed by atoms with E-state index in [1.54, 1.807) is 13.3 Å². The average Bonchev–Trinajstić information content (AvgIpc) is 3.09. The SMILES string of the molecule is COc1c(C)cnc(CSc2nnnn2-c2ccc(OC(F)(F)F)cc2)c1C. The Bertz CT molecular complexity index is 960. The van der Waals surface area contributed by atoms with Crippen molar-refractivity contribution in [1.82, 2.24) is 25.2 Å². The molecule has 0 spiro atoms. The molecule has 0 saturated carbocycles. The largest absolute Gasteiger partial charge is 0.573 e. The third kappa shape index (κ3) is 4.53. The van der Waals surface area contributed by atoms with Gasteiger partial charge in [-0.2, -0.15) is 4.68 Å². The molecule has 0 fully saturated rings. The van der Waals surface area contributed by atoms with Gasteiger partial charge in [0.25, 0.3) is 0 Å². The maximum atomic E-state index is 12.3. The van der Waals surface area contributed by atoms with E-state index in [-0.39, 0.29) is 5.75 Å². The fourth-order valence-electron chi connectivity index (χ4n) is 2.57. The molecule has 0 unspecified atom stereocenters. The first-order chi connectivity index (χ1) is 13.3. The van der Waals surface area contributed by atoms with Crippen molar-refractivity contribution in [3.63, 3.8) is 0 Å². The van der Waals surface area contributed by atoms with Crippen molar-refractivity contribution in [3.05, 3.63) is 47.3 Å². The third-order valence-electron chi connectivity index (χ3n) is 3.84. The lowest BCUT2D eigenvalue weighted by molar-refractivity contribution is -0.274. The molecule has 0 amide bonds. The van der Waals surface area contributed by atoms with Gasteiger partial charge in [0.05, 0.1) is 18.5 Å². The number of pyridine rings is 1. The predicted molar refractivity (Wildman–Crippen MR) is 95.7 cm³/mol. The minimum atomic E-state index is -4.74. The summed E-state index contributed by atoms with van der Waals surface area (Å²) in [4.78, 5) is 4.43. The first-order valence-corrected chi connectivity index (χ1v) is 9.03. The van der Waals surface area contributed by atoms with Crippen LogP contribution in [0.1, 0.15) is 16.8 Å². The minimum absolute atomic E-state index is 0.315. The van der Waals surface area contributed by atoms with Crippen LogP contribution >= 0.6 is 11.8 Å². The Labute approximate surface area is 162 Å². The number of nitrogens with zero attached hydrogens (tertiary/aromatic N) is 5. The van der Waals surface area contributed by atoms with Gasteiger partial charge in [0.15, 0.2) is 0 Å². The van der Waals surface area contributed by atoms with Gasteiger partial charge < -0.3 is 9.47 Å². The van der Waals surface area contributed by atoms with Crippen LogP contribution in [-0.4, -0.2) is 38.7 Å². The Morgan fingerprint density at radius 2 is 1.86 bits per heavy atom. The van der Waals surface area contributed by atoms with E-state index in [1.807, 2.05) is 13.8 Å². The van der Waals surface area contributed by atoms with Gasteiger partial charge in [-0.15, -0.1) is 18.3 Å². The molecule has 3 rings (SSSR count). The second kappa shape index (κ2) is 8.05. The van der Waals surface area contributed by atoms with E-state index in [0.717, 1.165) is 22.6 Å². The second-order valence-electron chi connectivity index (χ2n) is 5.75. The Balaban J connectivity index is 1.76. The summed E-state index contributed by atoms with van der Waals surface area (Å²) < 4.78 is 47.5. The van der Waals surface area contributed by atoms with Crippen LogP contribution in [0.15, 0.2) is 35.6 Å². The van der Waals surface area contributed by atoms with Crippen LogP contribution in [0.3, 0.4) is 0 Å². The molecule has 7 nitrogen and oxygen atoms in total. The van der Waals surface area contributed by atoms with Crippen LogP contribution in [0.2, 0.25) is 0 Å². The summed E-state index contributed by atoms with van der Waals surface area (Å²) in [6, 6.07) is 5.30. The monoisotopic (exact) mass is 411 g/mol. The zero-order valence-corrected chi connectivity index (χ0v) is 16.0. The molecule has 2 heterocycles. The predicted octanol–water partition coefficient (Wildman–Crippen LogP) is 3.87. The van der Waals surface area contributed by atoms with Crippen LogP contribution in [0.5, 0.6) is 11.5 Å². The molecule has 148 valence electrons. The summed E-state index contributed by atoms with van der Waals surface area (Å²) >= 11 is 1.35. The van der Waals surface area contributed by atoms with E-state index < -0.39 is 6.36 Å². The highest BCUT2D eigenvalue weighted by atomic mass is 32.2. The molecule has 0 aliphatic rings. The van der Waals surface area contributed by atoms with Gasteiger partial charge in [-0.1, -0.05) is 11.8 Å². The van der Waals surface area contributed by atoms with E-state index in [0.29, 0.717) is 16.6 Å². The minimum Gasteiger partial charge on any atom is -0.496 e. The summed E-state index contributed by atoms with van der Waals surface area (Å²) in [5, 5.41) is 12.0. The van der Waals surface area contributed by atoms with Gasteiger partial charge in [-0.25, -0.2) is 0 Å². The molecule has 0 aliphatic carbocycles. The van der Waals surface area contributed by atoms with Crippen molar-refractivity contribution in [2.75, 3.05) is 7.11 Å². The van der Waals surface area contributed by atoms with Gasteiger partial charge in [0.2, 0.25) is 5.16 Å². The fraction of sp³-hybridized carbons (Fsp3) is 0.294. The van der Waals surface area contributed by atoms with Gasteiger partial charge in [-0.3, -0.25) is 4.98 Å². The quantitative estimate of drug-likeness (QED) is 0.570. The summed E-state index contributed by atoms with van der Waals surface area (Å²) in [7, 11) is 1.61. The van der Waals surface area contributed by atoms with Crippen LogP contribution in [0.25, 0.3) is 5.69 Å². The number of thioether (sulfide) groups is 1. The van der Waals surface area contributed by atoms with E-state index in [1.165, 1.54) is 40.7 Å². The first kappa shape index (κ1) is 19.9. The molecule has 0 atom stereocenters. The molecule has 0 N–H and O–H groups in total. The van der Waals surface area contributed by atoms with Crippen molar-refractivity contribution in [2.45, 2.75) is 31.1 Å². The zero-order valence-electron chi connectivity index (χ0n) is 15.2. The van der Waals surface area contributed by atoms with Crippen LogP contribution in [-0.2, 0) is 5.75 Å². The van der Waals surface area contributed by atoms with Crippen molar-refractivity contribution in [3.8, 4) is 17.2 Å². The second-order valence-corrected chi connectivity index (χ2v) is 6.69. The Morgan fingerprint density at radius 1 is 1.14 bits per heavy atom. The number of aromatic nitrogens is 5. The molecule has 0 bridgehead atoms. The first-order valence-electron chi connectivity index (χ1n) is 8.05. The standard InChI is InChI=1S/C17H16F3N5O2S/c1-10-8-21-14(11(2)15(10)26-3)9-28-16-22-23-24-25(16)12-4-6-13(7-5-12)27-17(18,19)20/h4-8H,9H2,1-3H3. The molecule has 3 aromatic rings. The third-order valence-corrected chi connectivity index (χ3v) is 4.77. The summed E-state index contributed by atoms with van der Waals surface area (Å²) in [5.41, 5.74) is 3.21. The zero-order chi connectivity index (χ0) is 20.3. The maximum Gasteiger partial charge on any atom is 0.573 e. The van der Waals surface area contributed by atoms with Crippen molar-refractivity contribution >= 4 is 11.8 Å². The topological polar surface area (TPSA) is 75.0 Å². The Morgan fingerprint density at radius 3 is 2.50 bits per heavy atom. The number of methoxy groups -OCH3 is 1. The average molecular weight is 411 g/mol. The number of benzene rings is 1. The molecule has 0 aliphatic heterocycles. The number of tetrazole rings is 1. The molecule has 28 heavy (non-hydrogen) atoms. The maximum absolute atomic E-state index is 12.3. The molecule has 11 heteroatoms.